The number of hydrogen-bond donors (Lipinski definition) is 2. The lowest BCUT2D eigenvalue weighted by atomic mass is 10.0. The van der Waals surface area contributed by atoms with Gasteiger partial charge in [0.1, 0.15) is 22.9 Å². The molecule has 1 aromatic carbocycles. The van der Waals surface area contributed by atoms with Crippen molar-refractivity contribution in [1.82, 2.24) is 19.3 Å². The van der Waals surface area contributed by atoms with Crippen LogP contribution in [0.25, 0.3) is 11.2 Å². The average molecular weight is 377 g/mol. The number of imidazole rings is 1. The van der Waals surface area contributed by atoms with Crippen LogP contribution in [0.15, 0.2) is 42.7 Å². The molecule has 0 saturated heterocycles. The second-order valence-electron chi connectivity index (χ2n) is 7.42. The minimum atomic E-state index is 0.515. The Labute approximate surface area is 166 Å². The van der Waals surface area contributed by atoms with Crippen molar-refractivity contribution in [1.29, 1.82) is 0 Å². The van der Waals surface area contributed by atoms with Crippen LogP contribution >= 0.6 is 0 Å². The molecule has 1 aliphatic heterocycles. The summed E-state index contributed by atoms with van der Waals surface area (Å²) >= 11 is 0. The van der Waals surface area contributed by atoms with Crippen molar-refractivity contribution in [2.45, 2.75) is 32.6 Å². The van der Waals surface area contributed by atoms with E-state index < -0.39 is 0 Å². The minimum absolute atomic E-state index is 0.515. The highest BCUT2D eigenvalue weighted by Crippen LogP contribution is 2.31. The van der Waals surface area contributed by atoms with Gasteiger partial charge in [-0.05, 0) is 51.0 Å². The molecule has 6 heteroatoms. The Morgan fingerprint density at radius 1 is 1.25 bits per heavy atom. The number of aromatic nitrogens is 3. The number of aryl methyl sites for hydroxylation is 1. The van der Waals surface area contributed by atoms with E-state index in [1.807, 2.05) is 12.3 Å². The Bertz CT molecular complexity index is 1000. The molecular weight excluding hydrogens is 348 g/mol. The third-order valence-electron chi connectivity index (χ3n) is 5.27. The Balaban J connectivity index is 1.63. The molecule has 4 rings (SSSR count). The fraction of sp³-hybridized carbons (Fsp3) is 0.364. The molecule has 2 aromatic heterocycles. The SMILES string of the molecule is CCCN(C)CCCc1nc(C2=CCc3ccccc3N2)c2c(N)nccn12. The lowest BCUT2D eigenvalue weighted by Gasteiger charge is -2.18. The van der Waals surface area contributed by atoms with E-state index in [2.05, 4.69) is 57.8 Å². The summed E-state index contributed by atoms with van der Waals surface area (Å²) in [6.07, 6.45) is 9.93. The van der Waals surface area contributed by atoms with Gasteiger partial charge < -0.3 is 16.0 Å². The number of rotatable bonds is 7. The normalized spacial score (nSPS) is 13.5. The second-order valence-corrected chi connectivity index (χ2v) is 7.42. The third kappa shape index (κ3) is 3.60. The maximum Gasteiger partial charge on any atom is 0.150 e. The third-order valence-corrected chi connectivity index (χ3v) is 5.27. The Kier molecular flexibility index (Phi) is 5.30. The maximum atomic E-state index is 6.25. The Hall–Kier alpha value is -2.86. The molecule has 0 fully saturated rings. The number of fused-ring (bicyclic) bond motifs is 2. The fourth-order valence-electron chi connectivity index (χ4n) is 3.87. The zero-order valence-corrected chi connectivity index (χ0v) is 16.7. The van der Waals surface area contributed by atoms with Crippen LogP contribution in [0.5, 0.6) is 0 Å². The van der Waals surface area contributed by atoms with Gasteiger partial charge in [0, 0.05) is 24.5 Å². The molecule has 0 radical (unpaired) electrons. The van der Waals surface area contributed by atoms with Crippen LogP contribution in [0.1, 0.15) is 36.8 Å². The first kappa shape index (κ1) is 18.5. The van der Waals surface area contributed by atoms with E-state index in [0.29, 0.717) is 5.82 Å². The van der Waals surface area contributed by atoms with Crippen LogP contribution < -0.4 is 11.1 Å². The molecule has 3 aromatic rings. The highest BCUT2D eigenvalue weighted by molar-refractivity contribution is 5.89. The highest BCUT2D eigenvalue weighted by Gasteiger charge is 2.20. The van der Waals surface area contributed by atoms with E-state index in [1.54, 1.807) is 6.20 Å². The summed E-state index contributed by atoms with van der Waals surface area (Å²) in [5, 5.41) is 3.53. The van der Waals surface area contributed by atoms with Gasteiger partial charge in [0.25, 0.3) is 0 Å². The number of allylic oxidation sites excluding steroid dienone is 1. The summed E-state index contributed by atoms with van der Waals surface area (Å²) in [5.41, 5.74) is 11.5. The summed E-state index contributed by atoms with van der Waals surface area (Å²) in [6, 6.07) is 8.37. The van der Waals surface area contributed by atoms with Crippen molar-refractivity contribution in [3.8, 4) is 0 Å². The van der Waals surface area contributed by atoms with E-state index in [0.717, 1.165) is 60.8 Å². The van der Waals surface area contributed by atoms with Crippen LogP contribution in [-0.4, -0.2) is 39.4 Å². The Morgan fingerprint density at radius 2 is 2.11 bits per heavy atom. The number of benzene rings is 1. The second kappa shape index (κ2) is 8.02. The van der Waals surface area contributed by atoms with E-state index in [9.17, 15) is 0 Å². The molecule has 6 nitrogen and oxygen atoms in total. The lowest BCUT2D eigenvalue weighted by molar-refractivity contribution is 0.329. The molecule has 0 unspecified atom stereocenters. The molecule has 0 atom stereocenters. The number of nitrogens with one attached hydrogen (secondary N) is 1. The molecule has 0 amide bonds. The van der Waals surface area contributed by atoms with Crippen molar-refractivity contribution in [2.24, 2.45) is 0 Å². The standard InChI is InChI=1S/C22H28N6/c1-3-13-27(2)14-6-9-19-26-20(21-22(23)24-12-15-28(19)21)18-11-10-16-7-4-5-8-17(16)25-18/h4-5,7-8,11-12,15,25H,3,6,9-10,13-14H2,1-2H3,(H2,23,24). The van der Waals surface area contributed by atoms with Crippen molar-refractivity contribution in [3.05, 3.63) is 59.8 Å². The molecule has 0 bridgehead atoms. The molecule has 3 N–H and O–H groups in total. The van der Waals surface area contributed by atoms with Gasteiger partial charge in [-0.25, -0.2) is 9.97 Å². The quantitative estimate of drug-likeness (QED) is 0.659. The lowest BCUT2D eigenvalue weighted by Crippen LogP contribution is -2.21. The van der Waals surface area contributed by atoms with Gasteiger partial charge in [-0.1, -0.05) is 31.2 Å². The predicted octanol–water partition coefficient (Wildman–Crippen LogP) is 3.60. The largest absolute Gasteiger partial charge is 0.382 e. The minimum Gasteiger partial charge on any atom is -0.382 e. The molecule has 0 spiro atoms. The smallest absolute Gasteiger partial charge is 0.150 e. The number of anilines is 2. The number of nitrogen functional groups attached to an aromatic ring is 1. The van der Waals surface area contributed by atoms with Crippen LogP contribution in [-0.2, 0) is 12.8 Å². The fourth-order valence-corrected chi connectivity index (χ4v) is 3.87. The van der Waals surface area contributed by atoms with Crippen molar-refractivity contribution >= 4 is 22.7 Å². The van der Waals surface area contributed by atoms with Crippen molar-refractivity contribution in [2.75, 3.05) is 31.2 Å². The van der Waals surface area contributed by atoms with Gasteiger partial charge in [0.05, 0.1) is 5.70 Å². The first-order valence-electron chi connectivity index (χ1n) is 10.0. The van der Waals surface area contributed by atoms with Gasteiger partial charge in [-0.2, -0.15) is 0 Å². The Morgan fingerprint density at radius 3 is 2.96 bits per heavy atom. The topological polar surface area (TPSA) is 71.5 Å². The monoisotopic (exact) mass is 376 g/mol. The first-order valence-corrected chi connectivity index (χ1v) is 10.0. The summed E-state index contributed by atoms with van der Waals surface area (Å²) in [7, 11) is 2.18. The van der Waals surface area contributed by atoms with E-state index in [-0.39, 0.29) is 0 Å². The first-order chi connectivity index (χ1) is 13.7. The zero-order valence-electron chi connectivity index (χ0n) is 16.7. The number of para-hydroxylation sites is 1. The van der Waals surface area contributed by atoms with Crippen molar-refractivity contribution in [3.63, 3.8) is 0 Å². The zero-order chi connectivity index (χ0) is 19.5. The average Bonchev–Trinajstić information content (AvgIpc) is 3.08. The van der Waals surface area contributed by atoms with E-state index >= 15 is 0 Å². The molecular formula is C22H28N6. The molecule has 1 aliphatic rings. The maximum absolute atomic E-state index is 6.25. The molecule has 146 valence electrons. The van der Waals surface area contributed by atoms with Gasteiger partial charge in [-0.3, -0.25) is 4.40 Å². The van der Waals surface area contributed by atoms with E-state index in [1.165, 1.54) is 12.0 Å². The van der Waals surface area contributed by atoms with Crippen LogP contribution in [0.3, 0.4) is 0 Å². The molecule has 28 heavy (non-hydrogen) atoms. The summed E-state index contributed by atoms with van der Waals surface area (Å²) in [5.74, 6) is 1.55. The van der Waals surface area contributed by atoms with Gasteiger partial charge in [-0.15, -0.1) is 0 Å². The number of nitrogens with two attached hydrogens (primary N) is 1. The van der Waals surface area contributed by atoms with Crippen LogP contribution in [0.2, 0.25) is 0 Å². The van der Waals surface area contributed by atoms with Gasteiger partial charge in [0.2, 0.25) is 0 Å². The van der Waals surface area contributed by atoms with Gasteiger partial charge >= 0.3 is 0 Å². The summed E-state index contributed by atoms with van der Waals surface area (Å²) < 4.78 is 2.10. The number of hydrogen-bond acceptors (Lipinski definition) is 5. The van der Waals surface area contributed by atoms with Gasteiger partial charge in [0.15, 0.2) is 0 Å². The molecule has 0 saturated carbocycles. The predicted molar refractivity (Wildman–Crippen MR) is 115 cm³/mol. The highest BCUT2D eigenvalue weighted by atomic mass is 15.1. The molecule has 3 heterocycles. The number of nitrogens with zero attached hydrogens (tertiary/aromatic N) is 4. The van der Waals surface area contributed by atoms with E-state index in [4.69, 9.17) is 10.7 Å². The molecule has 0 aliphatic carbocycles. The van der Waals surface area contributed by atoms with Crippen molar-refractivity contribution < 1.29 is 0 Å². The van der Waals surface area contributed by atoms with Crippen LogP contribution in [0, 0.1) is 0 Å². The van der Waals surface area contributed by atoms with Crippen LogP contribution in [0.4, 0.5) is 11.5 Å². The summed E-state index contributed by atoms with van der Waals surface area (Å²) in [4.78, 5) is 11.7. The summed E-state index contributed by atoms with van der Waals surface area (Å²) in [6.45, 7) is 4.40.